The van der Waals surface area contributed by atoms with Gasteiger partial charge in [-0.2, -0.15) is 0 Å². The number of aryl methyl sites for hydroxylation is 1. The van der Waals surface area contributed by atoms with E-state index >= 15 is 0 Å². The predicted octanol–water partition coefficient (Wildman–Crippen LogP) is 2.59. The van der Waals surface area contributed by atoms with Crippen LogP contribution in [0.15, 0.2) is 36.4 Å². The average Bonchev–Trinajstić information content (AvgIpc) is 2.35. The van der Waals surface area contributed by atoms with Gasteiger partial charge in [0.2, 0.25) is 5.91 Å². The Kier molecular flexibility index (Phi) is 4.15. The number of nitrogens with one attached hydrogen (secondary N) is 1. The maximum Gasteiger partial charge on any atom is 0.238 e. The zero-order chi connectivity index (χ0) is 13.0. The molecule has 0 bridgehead atoms. The van der Waals surface area contributed by atoms with E-state index in [2.05, 4.69) is 16.8 Å². The normalized spacial score (nSPS) is 16.6. The average molecular weight is 244 g/mol. The van der Waals surface area contributed by atoms with E-state index in [1.165, 1.54) is 11.1 Å². The summed E-state index contributed by atoms with van der Waals surface area (Å²) >= 11 is 0. The zero-order valence-corrected chi connectivity index (χ0v) is 10.9. The number of amides is 1. The molecule has 1 aliphatic heterocycles. The quantitative estimate of drug-likeness (QED) is 0.829. The van der Waals surface area contributed by atoms with Crippen LogP contribution in [-0.2, 0) is 4.79 Å². The maximum absolute atomic E-state index is 11.9. The molecule has 96 valence electrons. The Hall–Kier alpha value is -1.61. The standard InChI is InChI=1S/C15H20N2O/c1-12-3-5-14(6-4-12)16-15(18)11-17-9-7-13(2)8-10-17/h3-6H,2,7-11H2,1H3,(H,16,18). The predicted molar refractivity (Wildman–Crippen MR) is 74.6 cm³/mol. The summed E-state index contributed by atoms with van der Waals surface area (Å²) in [7, 11) is 0. The molecule has 0 aliphatic carbocycles. The summed E-state index contributed by atoms with van der Waals surface area (Å²) in [6.45, 7) is 8.37. The Morgan fingerprint density at radius 1 is 1.28 bits per heavy atom. The second-order valence-corrected chi connectivity index (χ2v) is 4.94. The van der Waals surface area contributed by atoms with E-state index in [0.29, 0.717) is 6.54 Å². The van der Waals surface area contributed by atoms with Gasteiger partial charge < -0.3 is 5.32 Å². The third-order valence-electron chi connectivity index (χ3n) is 3.27. The van der Waals surface area contributed by atoms with Crippen LogP contribution in [0.3, 0.4) is 0 Å². The van der Waals surface area contributed by atoms with E-state index in [0.717, 1.165) is 31.6 Å². The van der Waals surface area contributed by atoms with E-state index in [1.54, 1.807) is 0 Å². The molecule has 1 saturated heterocycles. The van der Waals surface area contributed by atoms with E-state index in [-0.39, 0.29) is 5.91 Å². The lowest BCUT2D eigenvalue weighted by molar-refractivity contribution is -0.117. The number of likely N-dealkylation sites (tertiary alicyclic amines) is 1. The van der Waals surface area contributed by atoms with Crippen LogP contribution >= 0.6 is 0 Å². The fourth-order valence-corrected chi connectivity index (χ4v) is 2.07. The molecule has 0 spiro atoms. The summed E-state index contributed by atoms with van der Waals surface area (Å²) in [6.07, 6.45) is 2.02. The fraction of sp³-hybridized carbons (Fsp3) is 0.400. The van der Waals surface area contributed by atoms with Crippen molar-refractivity contribution in [2.24, 2.45) is 0 Å². The van der Waals surface area contributed by atoms with Crippen molar-refractivity contribution in [3.63, 3.8) is 0 Å². The van der Waals surface area contributed by atoms with Gasteiger partial charge in [-0.1, -0.05) is 29.8 Å². The SMILES string of the molecule is C=C1CCN(CC(=O)Nc2ccc(C)cc2)CC1. The lowest BCUT2D eigenvalue weighted by Crippen LogP contribution is -2.37. The molecule has 18 heavy (non-hydrogen) atoms. The number of nitrogens with zero attached hydrogens (tertiary/aromatic N) is 1. The smallest absolute Gasteiger partial charge is 0.238 e. The molecule has 1 aromatic rings. The Morgan fingerprint density at radius 2 is 1.89 bits per heavy atom. The van der Waals surface area contributed by atoms with Gasteiger partial charge in [0, 0.05) is 18.8 Å². The number of anilines is 1. The van der Waals surface area contributed by atoms with Crippen LogP contribution in [0, 0.1) is 6.92 Å². The molecule has 1 heterocycles. The first-order valence-corrected chi connectivity index (χ1v) is 6.39. The van der Waals surface area contributed by atoms with Gasteiger partial charge in [-0.3, -0.25) is 9.69 Å². The molecule has 1 N–H and O–H groups in total. The highest BCUT2D eigenvalue weighted by atomic mass is 16.2. The van der Waals surface area contributed by atoms with E-state index < -0.39 is 0 Å². The van der Waals surface area contributed by atoms with Crippen LogP contribution in [0.4, 0.5) is 5.69 Å². The van der Waals surface area contributed by atoms with Gasteiger partial charge >= 0.3 is 0 Å². The molecule has 0 unspecified atom stereocenters. The molecule has 1 aromatic carbocycles. The first-order valence-electron chi connectivity index (χ1n) is 6.39. The molecular weight excluding hydrogens is 224 g/mol. The first kappa shape index (κ1) is 12.8. The third-order valence-corrected chi connectivity index (χ3v) is 3.27. The first-order chi connectivity index (χ1) is 8.63. The van der Waals surface area contributed by atoms with Crippen LogP contribution in [0.25, 0.3) is 0 Å². The minimum atomic E-state index is 0.0614. The van der Waals surface area contributed by atoms with E-state index in [9.17, 15) is 4.79 Å². The Balaban J connectivity index is 1.81. The lowest BCUT2D eigenvalue weighted by Gasteiger charge is -2.27. The summed E-state index contributed by atoms with van der Waals surface area (Å²) < 4.78 is 0. The molecule has 0 radical (unpaired) electrons. The van der Waals surface area contributed by atoms with Crippen molar-refractivity contribution >= 4 is 11.6 Å². The summed E-state index contributed by atoms with van der Waals surface area (Å²) in [5.74, 6) is 0.0614. The van der Waals surface area contributed by atoms with Crippen LogP contribution in [0.5, 0.6) is 0 Å². The van der Waals surface area contributed by atoms with Crippen molar-refractivity contribution in [3.8, 4) is 0 Å². The van der Waals surface area contributed by atoms with Crippen molar-refractivity contribution in [2.45, 2.75) is 19.8 Å². The molecule has 0 aromatic heterocycles. The van der Waals surface area contributed by atoms with Gasteiger partial charge in [-0.15, -0.1) is 0 Å². The number of piperidine rings is 1. The molecule has 3 nitrogen and oxygen atoms in total. The molecule has 0 saturated carbocycles. The van der Waals surface area contributed by atoms with Gasteiger partial charge in [0.1, 0.15) is 0 Å². The fourth-order valence-electron chi connectivity index (χ4n) is 2.07. The second-order valence-electron chi connectivity index (χ2n) is 4.94. The van der Waals surface area contributed by atoms with E-state index in [4.69, 9.17) is 0 Å². The topological polar surface area (TPSA) is 32.3 Å². The number of rotatable bonds is 3. The highest BCUT2D eigenvalue weighted by Gasteiger charge is 2.15. The number of carbonyl (C=O) groups excluding carboxylic acids is 1. The summed E-state index contributed by atoms with van der Waals surface area (Å²) in [5.41, 5.74) is 3.36. The highest BCUT2D eigenvalue weighted by Crippen LogP contribution is 2.14. The van der Waals surface area contributed by atoms with Crippen molar-refractivity contribution < 1.29 is 4.79 Å². The molecule has 1 aliphatic rings. The second kappa shape index (κ2) is 5.83. The molecule has 3 heteroatoms. The minimum Gasteiger partial charge on any atom is -0.325 e. The van der Waals surface area contributed by atoms with Crippen LogP contribution in [0.1, 0.15) is 18.4 Å². The number of hydrogen-bond acceptors (Lipinski definition) is 2. The summed E-state index contributed by atoms with van der Waals surface area (Å²) in [6, 6.07) is 7.87. The van der Waals surface area contributed by atoms with Gasteiger partial charge in [0.15, 0.2) is 0 Å². The van der Waals surface area contributed by atoms with Gasteiger partial charge in [-0.05, 0) is 31.9 Å². The molecular formula is C15H20N2O. The lowest BCUT2D eigenvalue weighted by atomic mass is 10.1. The van der Waals surface area contributed by atoms with Crippen LogP contribution in [0.2, 0.25) is 0 Å². The van der Waals surface area contributed by atoms with Crippen molar-refractivity contribution in [1.29, 1.82) is 0 Å². The number of carbonyl (C=O) groups is 1. The molecule has 2 rings (SSSR count). The van der Waals surface area contributed by atoms with Gasteiger partial charge in [-0.25, -0.2) is 0 Å². The summed E-state index contributed by atoms with van der Waals surface area (Å²) in [4.78, 5) is 14.1. The monoisotopic (exact) mass is 244 g/mol. The van der Waals surface area contributed by atoms with Crippen molar-refractivity contribution in [1.82, 2.24) is 4.90 Å². The Labute approximate surface area is 108 Å². The maximum atomic E-state index is 11.9. The van der Waals surface area contributed by atoms with Gasteiger partial charge in [0.25, 0.3) is 0 Å². The Bertz CT molecular complexity index is 426. The Morgan fingerprint density at radius 3 is 2.50 bits per heavy atom. The molecule has 0 atom stereocenters. The van der Waals surface area contributed by atoms with Crippen LogP contribution in [-0.4, -0.2) is 30.4 Å². The van der Waals surface area contributed by atoms with E-state index in [1.807, 2.05) is 31.2 Å². The number of hydrogen-bond donors (Lipinski definition) is 1. The minimum absolute atomic E-state index is 0.0614. The largest absolute Gasteiger partial charge is 0.325 e. The third kappa shape index (κ3) is 3.70. The molecule has 1 fully saturated rings. The summed E-state index contributed by atoms with van der Waals surface area (Å²) in [5, 5.41) is 2.92. The van der Waals surface area contributed by atoms with Crippen molar-refractivity contribution in [3.05, 3.63) is 42.0 Å². The number of benzene rings is 1. The van der Waals surface area contributed by atoms with Crippen LogP contribution < -0.4 is 5.32 Å². The van der Waals surface area contributed by atoms with Gasteiger partial charge in [0.05, 0.1) is 6.54 Å². The molecule has 1 amide bonds. The van der Waals surface area contributed by atoms with Crippen molar-refractivity contribution in [2.75, 3.05) is 25.0 Å². The zero-order valence-electron chi connectivity index (χ0n) is 10.9. The highest BCUT2D eigenvalue weighted by molar-refractivity contribution is 5.92.